The fourth-order valence-electron chi connectivity index (χ4n) is 11.4. The first-order chi connectivity index (χ1) is 36.2. The molecule has 19 heteroatoms. The molecule has 0 bridgehead atoms. The van der Waals surface area contributed by atoms with Gasteiger partial charge >= 0.3 is 0 Å². The van der Waals surface area contributed by atoms with E-state index in [1.54, 1.807) is 65.2 Å². The Morgan fingerprint density at radius 1 is 0.592 bits per heavy atom. The largest absolute Gasteiger partial charge is 0.299 e. The number of benzene rings is 4. The summed E-state index contributed by atoms with van der Waals surface area (Å²) in [7, 11) is -4.76. The number of nitrogens with zero attached hydrogens (tertiary/aromatic N) is 7. The molecule has 3 aromatic heterocycles. The third-order valence-electron chi connectivity index (χ3n) is 15.7. The quantitative estimate of drug-likeness (QED) is 0.0909. The highest BCUT2D eigenvalue weighted by Crippen LogP contribution is 2.52. The topological polar surface area (TPSA) is 157 Å². The van der Waals surface area contributed by atoms with Gasteiger partial charge in [-0.05, 0) is 203 Å². The summed E-state index contributed by atoms with van der Waals surface area (Å²) in [6.07, 6.45) is 12.5. The Kier molecular flexibility index (Phi) is 13.8. The van der Waals surface area contributed by atoms with Crippen molar-refractivity contribution < 1.29 is 44.0 Å². The van der Waals surface area contributed by atoms with Crippen LogP contribution in [0.5, 0.6) is 0 Å². The highest BCUT2D eigenvalue weighted by atomic mass is 32.2. The normalized spacial score (nSPS) is 21.0. The van der Waals surface area contributed by atoms with E-state index in [1.807, 2.05) is 25.1 Å². The first kappa shape index (κ1) is 52.3. The maximum atomic E-state index is 14.4. The Bertz CT molecular complexity index is 3700. The van der Waals surface area contributed by atoms with Gasteiger partial charge < -0.3 is 0 Å². The molecule has 4 aliphatic rings. The molecule has 0 spiro atoms. The van der Waals surface area contributed by atoms with Crippen LogP contribution in [0.25, 0.3) is 23.5 Å². The fourth-order valence-corrected chi connectivity index (χ4v) is 14.2. The maximum absolute atomic E-state index is 14.4. The highest BCUT2D eigenvalue weighted by molar-refractivity contribution is 7.89. The number of sulfonamides is 2. The third-order valence-corrected chi connectivity index (χ3v) is 19.5. The lowest BCUT2D eigenvalue weighted by Crippen LogP contribution is -2.49. The van der Waals surface area contributed by atoms with Crippen LogP contribution in [0.15, 0.2) is 149 Å². The number of carbonyl (C=O) groups is 2. The van der Waals surface area contributed by atoms with E-state index in [0.717, 1.165) is 69.2 Å². The second-order valence-electron chi connectivity index (χ2n) is 20.1. The van der Waals surface area contributed by atoms with Crippen LogP contribution < -0.4 is 0 Å². The summed E-state index contributed by atoms with van der Waals surface area (Å²) in [5.41, 5.74) is 6.05. The van der Waals surface area contributed by atoms with Crippen molar-refractivity contribution in [2.45, 2.75) is 87.1 Å². The molecule has 0 radical (unpaired) electrons. The zero-order valence-electron chi connectivity index (χ0n) is 42.0. The monoisotopic (exact) mass is 1070 g/mol. The summed E-state index contributed by atoms with van der Waals surface area (Å²) >= 11 is 0. The molecule has 4 aliphatic carbocycles. The standard InChI is InChI=1S/C31H28F2N4O3S.C26H25F2N3O3S/c1-20-13-14-34-28(15-20)30(38)31-17-21-19-35-37(25-9-4-23(32)5-10-25)29(21)16-22(31)3-8-26(18-31)36(2)41(39,40)27-11-6-24(33)7-12-27;1-17(32)26-14-18-16-29-31(22-9-4-20(27)5-10-22)25(18)13-19(26)3-8-23(15-26)30(2)35(33,34)24-11-6-21(28)7-12-24/h4-7,9-16,19,26H,3,8,17-18H2,1-2H3;4-7,9-13,16,23H,3,8,14-15H2,1-2H3/t26-,31-;23-,26+/m00/s1. The predicted molar refractivity (Wildman–Crippen MR) is 277 cm³/mol. The molecular weight excluding hydrogens is 1020 g/mol. The van der Waals surface area contributed by atoms with Gasteiger partial charge in [-0.1, -0.05) is 11.1 Å². The Morgan fingerprint density at radius 2 is 0.987 bits per heavy atom. The first-order valence-electron chi connectivity index (χ1n) is 24.7. The van der Waals surface area contributed by atoms with Crippen LogP contribution in [0, 0.1) is 41.0 Å². The molecule has 4 aromatic carbocycles. The van der Waals surface area contributed by atoms with E-state index in [-0.39, 0.29) is 45.5 Å². The van der Waals surface area contributed by atoms with Gasteiger partial charge in [-0.2, -0.15) is 18.8 Å². The lowest BCUT2D eigenvalue weighted by molar-refractivity contribution is -0.126. The summed E-state index contributed by atoms with van der Waals surface area (Å²) in [5.74, 6) is -1.88. The number of halogens is 4. The molecule has 392 valence electrons. The number of rotatable bonds is 11. The number of ketones is 2. The second-order valence-corrected chi connectivity index (χ2v) is 24.1. The second kappa shape index (κ2) is 20.1. The van der Waals surface area contributed by atoms with Gasteiger partial charge in [0.1, 0.15) is 34.7 Å². The Labute approximate surface area is 438 Å². The van der Waals surface area contributed by atoms with E-state index in [9.17, 15) is 44.0 Å². The molecule has 0 unspecified atom stereocenters. The molecule has 4 atom stereocenters. The molecule has 0 saturated heterocycles. The summed E-state index contributed by atoms with van der Waals surface area (Å²) in [5, 5.41) is 9.05. The number of aryl methyl sites for hydroxylation is 1. The number of pyridine rings is 1. The smallest absolute Gasteiger partial charge is 0.243 e. The van der Waals surface area contributed by atoms with Crippen molar-refractivity contribution in [3.63, 3.8) is 0 Å². The predicted octanol–water partition coefficient (Wildman–Crippen LogP) is 10.1. The lowest BCUT2D eigenvalue weighted by atomic mass is 9.60. The van der Waals surface area contributed by atoms with E-state index in [1.165, 1.54) is 71.2 Å². The van der Waals surface area contributed by atoms with Gasteiger partial charge in [0.2, 0.25) is 20.0 Å². The van der Waals surface area contributed by atoms with Gasteiger partial charge in [-0.3, -0.25) is 14.6 Å². The van der Waals surface area contributed by atoms with Gasteiger partial charge in [-0.25, -0.2) is 43.8 Å². The van der Waals surface area contributed by atoms with Gasteiger partial charge in [0.25, 0.3) is 0 Å². The number of fused-ring (bicyclic) bond motifs is 4. The van der Waals surface area contributed by atoms with E-state index >= 15 is 0 Å². The summed E-state index contributed by atoms with van der Waals surface area (Å²) in [6.45, 7) is 3.45. The molecule has 7 aromatic rings. The zero-order valence-corrected chi connectivity index (χ0v) is 43.6. The van der Waals surface area contributed by atoms with Crippen LogP contribution in [0.4, 0.5) is 17.6 Å². The van der Waals surface area contributed by atoms with Crippen molar-refractivity contribution in [1.82, 2.24) is 33.2 Å². The van der Waals surface area contributed by atoms with Gasteiger partial charge in [0.15, 0.2) is 5.78 Å². The summed E-state index contributed by atoms with van der Waals surface area (Å²) < 4.78 is 113. The lowest BCUT2D eigenvalue weighted by Gasteiger charge is -2.45. The number of Topliss-reactive ketones (excluding diaryl/α,β-unsaturated/α-hetero) is 2. The van der Waals surface area contributed by atoms with Crippen molar-refractivity contribution in [3.8, 4) is 11.4 Å². The van der Waals surface area contributed by atoms with Crippen molar-refractivity contribution in [3.05, 3.63) is 196 Å². The molecule has 11 rings (SSSR count). The minimum atomic E-state index is -3.94. The number of hydrogen-bond donors (Lipinski definition) is 0. The fraction of sp³-hybridized carbons (Fsp3) is 0.281. The van der Waals surface area contributed by atoms with E-state index < -0.39 is 48.6 Å². The summed E-state index contributed by atoms with van der Waals surface area (Å²) in [4.78, 5) is 31.9. The van der Waals surface area contributed by atoms with Crippen LogP contribution in [0.2, 0.25) is 0 Å². The zero-order chi connectivity index (χ0) is 53.9. The van der Waals surface area contributed by atoms with E-state index in [4.69, 9.17) is 0 Å². The minimum absolute atomic E-state index is 0.00466. The number of aromatic nitrogens is 5. The average Bonchev–Trinajstić information content (AvgIpc) is 4.04. The number of hydrogen-bond acceptors (Lipinski definition) is 9. The van der Waals surface area contributed by atoms with Crippen LogP contribution in [-0.4, -0.2) is 87.7 Å². The Balaban J connectivity index is 0.000000175. The van der Waals surface area contributed by atoms with Gasteiger partial charge in [-0.15, -0.1) is 0 Å². The molecular formula is C57H53F4N7O6S2. The molecule has 0 amide bonds. The third kappa shape index (κ3) is 9.47. The van der Waals surface area contributed by atoms with Crippen LogP contribution >= 0.6 is 0 Å². The van der Waals surface area contributed by atoms with Crippen LogP contribution in [0.1, 0.15) is 84.0 Å². The molecule has 0 N–H and O–H groups in total. The van der Waals surface area contributed by atoms with Crippen LogP contribution in [-0.2, 0) is 37.7 Å². The number of carbonyl (C=O) groups excluding carboxylic acids is 2. The average molecular weight is 1070 g/mol. The van der Waals surface area contributed by atoms with Crippen LogP contribution in [0.3, 0.4) is 0 Å². The molecule has 2 fully saturated rings. The molecule has 13 nitrogen and oxygen atoms in total. The SMILES string of the molecule is CC(=O)[C@]12Cc3cnn(-c4ccc(F)cc4)c3C=C1CC[C@H](N(C)S(=O)(=O)c1ccc(F)cc1)C2.Cc1ccnc(C(=O)[C@]23Cc4cnn(-c5ccc(F)cc5)c4C=C2CC[C@H](N(C)S(=O)(=O)c2ccc(F)cc2)C3)c1. The summed E-state index contributed by atoms with van der Waals surface area (Å²) in [6, 6.07) is 24.3. The first-order valence-corrected chi connectivity index (χ1v) is 27.6. The maximum Gasteiger partial charge on any atom is 0.243 e. The molecule has 3 heterocycles. The number of allylic oxidation sites excluding steroid dienone is 2. The Morgan fingerprint density at radius 3 is 1.41 bits per heavy atom. The van der Waals surface area contributed by atoms with Crippen molar-refractivity contribution in [2.75, 3.05) is 14.1 Å². The minimum Gasteiger partial charge on any atom is -0.299 e. The Hall–Kier alpha value is -7.19. The van der Waals surface area contributed by atoms with E-state index in [2.05, 4.69) is 15.2 Å². The van der Waals surface area contributed by atoms with Crippen molar-refractivity contribution in [1.29, 1.82) is 0 Å². The highest BCUT2D eigenvalue weighted by Gasteiger charge is 2.52. The molecule has 76 heavy (non-hydrogen) atoms. The van der Waals surface area contributed by atoms with Gasteiger partial charge in [0.05, 0.1) is 55.8 Å². The molecule has 2 saturated carbocycles. The van der Waals surface area contributed by atoms with Crippen molar-refractivity contribution in [2.24, 2.45) is 10.8 Å². The van der Waals surface area contributed by atoms with E-state index in [0.29, 0.717) is 56.3 Å². The van der Waals surface area contributed by atoms with Crippen molar-refractivity contribution >= 4 is 43.8 Å². The molecule has 0 aliphatic heterocycles. The van der Waals surface area contributed by atoms with Gasteiger partial charge in [0, 0.05) is 32.4 Å².